The fraction of sp³-hybridized carbons (Fsp3) is 0.481. The number of carbonyl (C=O) groups excluding carboxylic acids is 1. The molecule has 0 bridgehead atoms. The summed E-state index contributed by atoms with van der Waals surface area (Å²) in [6, 6.07) is 14.9. The Morgan fingerprint density at radius 2 is 1.82 bits per heavy atom. The molecule has 180 valence electrons. The highest BCUT2D eigenvalue weighted by Gasteiger charge is 2.52. The molecule has 2 aliphatic heterocycles. The molecule has 1 aliphatic carbocycles. The molecule has 3 aliphatic rings. The molecule has 0 unspecified atom stereocenters. The van der Waals surface area contributed by atoms with E-state index >= 15 is 0 Å². The van der Waals surface area contributed by atoms with Gasteiger partial charge in [-0.15, -0.1) is 0 Å². The van der Waals surface area contributed by atoms with Gasteiger partial charge in [0, 0.05) is 44.1 Å². The van der Waals surface area contributed by atoms with E-state index in [2.05, 4.69) is 44.8 Å². The van der Waals surface area contributed by atoms with Gasteiger partial charge in [0.15, 0.2) is 0 Å². The number of amidine groups is 1. The van der Waals surface area contributed by atoms with Gasteiger partial charge in [0.25, 0.3) is 0 Å². The van der Waals surface area contributed by atoms with Crippen LogP contribution in [0.4, 0.5) is 20.6 Å². The second-order valence-electron chi connectivity index (χ2n) is 9.80. The third kappa shape index (κ3) is 4.53. The highest BCUT2D eigenvalue weighted by Crippen LogP contribution is 2.39. The lowest BCUT2D eigenvalue weighted by molar-refractivity contribution is 0.181. The van der Waals surface area contributed by atoms with Crippen molar-refractivity contribution in [1.29, 1.82) is 0 Å². The molecule has 2 heterocycles. The molecule has 0 atom stereocenters. The highest BCUT2D eigenvalue weighted by atomic mass is 19.1. The third-order valence-corrected chi connectivity index (χ3v) is 7.59. The molecule has 0 aromatic heterocycles. The number of anilines is 2. The Labute approximate surface area is 201 Å². The van der Waals surface area contributed by atoms with Gasteiger partial charge in [-0.25, -0.2) is 9.18 Å². The smallest absolute Gasteiger partial charge is 0.350 e. The molecular weight excluding hydrogens is 429 g/mol. The summed E-state index contributed by atoms with van der Waals surface area (Å²) in [4.78, 5) is 21.9. The first kappa shape index (κ1) is 22.8. The average Bonchev–Trinajstić information content (AvgIpc) is 3.11. The minimum atomic E-state index is -0.550. The van der Waals surface area contributed by atoms with Crippen molar-refractivity contribution < 1.29 is 9.18 Å². The van der Waals surface area contributed by atoms with Crippen molar-refractivity contribution in [2.45, 2.75) is 63.1 Å². The number of nitrogens with zero attached hydrogens (tertiary/aromatic N) is 3. The van der Waals surface area contributed by atoms with Gasteiger partial charge in [0.1, 0.15) is 17.2 Å². The number of urea groups is 1. The number of amides is 2. The van der Waals surface area contributed by atoms with Gasteiger partial charge in [-0.05, 0) is 61.6 Å². The van der Waals surface area contributed by atoms with Gasteiger partial charge in [0.2, 0.25) is 0 Å². The minimum Gasteiger partial charge on any atom is -0.388 e. The van der Waals surface area contributed by atoms with Crippen molar-refractivity contribution in [3.05, 3.63) is 59.9 Å². The van der Waals surface area contributed by atoms with Crippen molar-refractivity contribution in [2.75, 3.05) is 30.4 Å². The lowest BCUT2D eigenvalue weighted by atomic mass is 9.83. The van der Waals surface area contributed by atoms with Crippen LogP contribution in [-0.4, -0.2) is 48.5 Å². The van der Waals surface area contributed by atoms with Crippen LogP contribution in [0.5, 0.6) is 0 Å². The van der Waals surface area contributed by atoms with E-state index in [1.165, 1.54) is 37.0 Å². The van der Waals surface area contributed by atoms with E-state index < -0.39 is 5.54 Å². The highest BCUT2D eigenvalue weighted by molar-refractivity contribution is 6.16. The predicted molar refractivity (Wildman–Crippen MR) is 135 cm³/mol. The van der Waals surface area contributed by atoms with Crippen LogP contribution >= 0.6 is 0 Å². The summed E-state index contributed by atoms with van der Waals surface area (Å²) < 4.78 is 14.1. The number of carbonyl (C=O) groups is 1. The molecular formula is C27H34FN5O. The minimum absolute atomic E-state index is 0.293. The van der Waals surface area contributed by atoms with Crippen molar-refractivity contribution in [1.82, 2.24) is 10.2 Å². The normalized spacial score (nSPS) is 21.1. The van der Waals surface area contributed by atoms with E-state index in [1.807, 2.05) is 13.1 Å². The fourth-order valence-electron chi connectivity index (χ4n) is 5.74. The maximum absolute atomic E-state index is 14.1. The molecule has 2 fully saturated rings. The predicted octanol–water partition coefficient (Wildman–Crippen LogP) is 5.16. The second kappa shape index (κ2) is 9.74. The summed E-state index contributed by atoms with van der Waals surface area (Å²) in [7, 11) is 1.93. The summed E-state index contributed by atoms with van der Waals surface area (Å²) in [5.74, 6) is 0.446. The number of likely N-dealkylation sites (tertiary alicyclic amines) is 1. The topological polar surface area (TPSA) is 60.0 Å². The lowest BCUT2D eigenvalue weighted by Gasteiger charge is -2.45. The number of piperidine rings is 1. The molecule has 2 aromatic carbocycles. The van der Waals surface area contributed by atoms with E-state index in [1.54, 1.807) is 11.0 Å². The maximum Gasteiger partial charge on any atom is 0.350 e. The first-order valence-electron chi connectivity index (χ1n) is 12.5. The number of aliphatic imine (C=N–C) groups is 1. The van der Waals surface area contributed by atoms with Crippen LogP contribution in [0, 0.1) is 5.82 Å². The van der Waals surface area contributed by atoms with Crippen molar-refractivity contribution in [3.63, 3.8) is 0 Å². The maximum atomic E-state index is 14.1. The van der Waals surface area contributed by atoms with Gasteiger partial charge in [-0.1, -0.05) is 37.5 Å². The lowest BCUT2D eigenvalue weighted by Crippen LogP contribution is -2.62. The van der Waals surface area contributed by atoms with Crippen LogP contribution in [0.1, 0.15) is 50.5 Å². The molecule has 1 saturated carbocycles. The molecule has 2 aromatic rings. The van der Waals surface area contributed by atoms with E-state index in [4.69, 9.17) is 0 Å². The summed E-state index contributed by atoms with van der Waals surface area (Å²) in [6.45, 7) is 2.55. The monoisotopic (exact) mass is 463 g/mol. The van der Waals surface area contributed by atoms with E-state index in [9.17, 15) is 9.18 Å². The zero-order valence-electron chi connectivity index (χ0n) is 19.9. The fourth-order valence-corrected chi connectivity index (χ4v) is 5.74. The van der Waals surface area contributed by atoms with E-state index in [0.29, 0.717) is 11.7 Å². The van der Waals surface area contributed by atoms with Crippen molar-refractivity contribution in [2.24, 2.45) is 4.99 Å². The standard InChI is InChI=1S/C27H34FN5O/c1-29-23-11-5-7-20(17-23)19-32-15-13-27(14-16-32)25(30-22-9-3-2-4-10-22)31-26(34)33(27)24-12-6-8-21(28)18-24/h5-8,11-12,17-18,22,29H,2-4,9-10,13-16,19H2,1H3,(H,30,31,34). The van der Waals surface area contributed by atoms with Crippen LogP contribution in [0.3, 0.4) is 0 Å². The molecule has 0 radical (unpaired) electrons. The molecule has 5 rings (SSSR count). The average molecular weight is 464 g/mol. The second-order valence-corrected chi connectivity index (χ2v) is 9.80. The van der Waals surface area contributed by atoms with E-state index in [-0.39, 0.29) is 11.8 Å². The quantitative estimate of drug-likeness (QED) is 0.643. The van der Waals surface area contributed by atoms with Crippen LogP contribution in [0.15, 0.2) is 53.5 Å². The number of nitrogens with one attached hydrogen (secondary N) is 2. The third-order valence-electron chi connectivity index (χ3n) is 7.59. The van der Waals surface area contributed by atoms with Gasteiger partial charge >= 0.3 is 6.03 Å². The molecule has 2 amide bonds. The van der Waals surface area contributed by atoms with Gasteiger partial charge in [0.05, 0.1) is 0 Å². The SMILES string of the molecule is CNc1cccc(CN2CCC3(CC2)C(NC2CCCCC2)=NC(=O)N3c2cccc(F)c2)c1. The number of hydrogen-bond donors (Lipinski definition) is 2. The Morgan fingerprint density at radius 3 is 2.56 bits per heavy atom. The summed E-state index contributed by atoms with van der Waals surface area (Å²) in [5.41, 5.74) is 2.41. The van der Waals surface area contributed by atoms with Gasteiger partial charge in [-0.3, -0.25) is 9.80 Å². The number of halogens is 1. The zero-order chi connectivity index (χ0) is 23.5. The van der Waals surface area contributed by atoms with Crippen LogP contribution in [-0.2, 0) is 6.54 Å². The van der Waals surface area contributed by atoms with Crippen molar-refractivity contribution >= 4 is 23.2 Å². The Balaban J connectivity index is 1.38. The van der Waals surface area contributed by atoms with Crippen LogP contribution in [0.2, 0.25) is 0 Å². The van der Waals surface area contributed by atoms with Gasteiger partial charge < -0.3 is 10.6 Å². The summed E-state index contributed by atoms with van der Waals surface area (Å²) >= 11 is 0. The number of rotatable bonds is 5. The largest absolute Gasteiger partial charge is 0.388 e. The Hall–Kier alpha value is -2.93. The Kier molecular flexibility index (Phi) is 6.55. The Bertz CT molecular complexity index is 1060. The van der Waals surface area contributed by atoms with E-state index in [0.717, 1.165) is 56.8 Å². The number of hydrogen-bond acceptors (Lipinski definition) is 4. The molecule has 1 spiro atoms. The molecule has 1 saturated heterocycles. The molecule has 7 heteroatoms. The van der Waals surface area contributed by atoms with Crippen molar-refractivity contribution in [3.8, 4) is 0 Å². The van der Waals surface area contributed by atoms with Crippen LogP contribution in [0.25, 0.3) is 0 Å². The number of benzene rings is 2. The molecule has 2 N–H and O–H groups in total. The first-order chi connectivity index (χ1) is 16.6. The first-order valence-corrected chi connectivity index (χ1v) is 12.5. The van der Waals surface area contributed by atoms with Gasteiger partial charge in [-0.2, -0.15) is 4.99 Å². The summed E-state index contributed by atoms with van der Waals surface area (Å²) in [6.07, 6.45) is 7.43. The summed E-state index contributed by atoms with van der Waals surface area (Å²) in [5, 5.41) is 6.87. The molecule has 6 nitrogen and oxygen atoms in total. The molecule has 34 heavy (non-hydrogen) atoms. The zero-order valence-corrected chi connectivity index (χ0v) is 19.9. The Morgan fingerprint density at radius 1 is 1.06 bits per heavy atom. The van der Waals surface area contributed by atoms with Crippen LogP contribution < -0.4 is 15.5 Å².